The number of rotatable bonds is 2. The van der Waals surface area contributed by atoms with E-state index in [1.54, 1.807) is 0 Å². The number of hydrogen-bond acceptors (Lipinski definition) is 3. The number of phenolic OH excluding ortho intramolecular Hbond substituents is 1. The van der Waals surface area contributed by atoms with Crippen LogP contribution in [0.1, 0.15) is 10.4 Å². The Kier molecular flexibility index (Phi) is 2.28. The molecule has 0 aliphatic carbocycles. The second-order valence-electron chi connectivity index (χ2n) is 2.13. The highest BCUT2D eigenvalue weighted by Gasteiger charge is 2.11. The van der Waals surface area contributed by atoms with Gasteiger partial charge in [-0.05, 0) is 12.1 Å². The van der Waals surface area contributed by atoms with Gasteiger partial charge in [-0.25, -0.2) is 4.39 Å². The van der Waals surface area contributed by atoms with Gasteiger partial charge in [0, 0.05) is 0 Å². The third-order valence-electron chi connectivity index (χ3n) is 1.46. The smallest absolute Gasteiger partial charge is 0.179 e. The largest absolute Gasteiger partial charge is 0.507 e. The summed E-state index contributed by atoms with van der Waals surface area (Å²) in [6.45, 7) is 0. The third-order valence-corrected chi connectivity index (χ3v) is 1.46. The Balaban J connectivity index is 3.33. The molecule has 0 saturated heterocycles. The summed E-state index contributed by atoms with van der Waals surface area (Å²) in [6.07, 6.45) is 0.243. The lowest BCUT2D eigenvalue weighted by molar-refractivity contribution is 0.111. The van der Waals surface area contributed by atoms with Gasteiger partial charge >= 0.3 is 0 Å². The average molecular weight is 170 g/mol. The average Bonchev–Trinajstić information content (AvgIpc) is 2.06. The first-order valence-electron chi connectivity index (χ1n) is 3.21. The molecule has 12 heavy (non-hydrogen) atoms. The van der Waals surface area contributed by atoms with Gasteiger partial charge < -0.3 is 9.84 Å². The zero-order valence-electron chi connectivity index (χ0n) is 6.37. The summed E-state index contributed by atoms with van der Waals surface area (Å²) in [5, 5.41) is 8.98. The SMILES string of the molecule is COc1ccc(O)c(C=O)c1F. The summed E-state index contributed by atoms with van der Waals surface area (Å²) < 4.78 is 17.6. The number of phenols is 1. The second-order valence-corrected chi connectivity index (χ2v) is 2.13. The summed E-state index contributed by atoms with van der Waals surface area (Å²) in [4.78, 5) is 10.3. The minimum absolute atomic E-state index is 0.0603. The van der Waals surface area contributed by atoms with E-state index in [1.165, 1.54) is 19.2 Å². The molecule has 0 spiro atoms. The van der Waals surface area contributed by atoms with Crippen LogP contribution in [0, 0.1) is 5.82 Å². The fourth-order valence-electron chi connectivity index (χ4n) is 0.832. The molecule has 64 valence electrons. The fourth-order valence-corrected chi connectivity index (χ4v) is 0.832. The quantitative estimate of drug-likeness (QED) is 0.681. The van der Waals surface area contributed by atoms with Crippen LogP contribution in [0.15, 0.2) is 12.1 Å². The molecule has 0 atom stereocenters. The zero-order chi connectivity index (χ0) is 9.14. The van der Waals surface area contributed by atoms with Gasteiger partial charge in [-0.3, -0.25) is 4.79 Å². The number of methoxy groups -OCH3 is 1. The minimum atomic E-state index is -0.840. The third kappa shape index (κ3) is 1.23. The predicted molar refractivity (Wildman–Crippen MR) is 40.0 cm³/mol. The normalized spacial score (nSPS) is 9.50. The molecule has 1 aromatic rings. The van der Waals surface area contributed by atoms with Crippen molar-refractivity contribution in [2.45, 2.75) is 0 Å². The topological polar surface area (TPSA) is 46.5 Å². The molecule has 0 aliphatic rings. The Morgan fingerprint density at radius 1 is 1.58 bits per heavy atom. The molecule has 0 aromatic heterocycles. The van der Waals surface area contributed by atoms with Gasteiger partial charge in [-0.2, -0.15) is 0 Å². The van der Waals surface area contributed by atoms with Crippen LogP contribution in [0.3, 0.4) is 0 Å². The van der Waals surface area contributed by atoms with E-state index in [9.17, 15) is 9.18 Å². The highest BCUT2D eigenvalue weighted by molar-refractivity contribution is 5.80. The van der Waals surface area contributed by atoms with Crippen molar-refractivity contribution in [2.24, 2.45) is 0 Å². The summed E-state index contributed by atoms with van der Waals surface area (Å²) in [7, 11) is 1.28. The van der Waals surface area contributed by atoms with Crippen molar-refractivity contribution < 1.29 is 19.0 Å². The highest BCUT2D eigenvalue weighted by Crippen LogP contribution is 2.26. The van der Waals surface area contributed by atoms with Crippen molar-refractivity contribution in [3.8, 4) is 11.5 Å². The molecule has 0 radical (unpaired) electrons. The van der Waals surface area contributed by atoms with Gasteiger partial charge in [0.15, 0.2) is 17.9 Å². The lowest BCUT2D eigenvalue weighted by Gasteiger charge is -2.03. The standard InChI is InChI=1S/C8H7FO3/c1-12-7-3-2-6(11)5(4-10)8(7)9/h2-4,11H,1H3. The second kappa shape index (κ2) is 3.21. The van der Waals surface area contributed by atoms with Crippen LogP contribution < -0.4 is 4.74 Å². The summed E-state index contributed by atoms with van der Waals surface area (Å²) in [5.41, 5.74) is -0.380. The Hall–Kier alpha value is -1.58. The van der Waals surface area contributed by atoms with Crippen LogP contribution in [0.25, 0.3) is 0 Å². The number of hydrogen-bond donors (Lipinski definition) is 1. The molecule has 1 aromatic carbocycles. The Morgan fingerprint density at radius 2 is 2.25 bits per heavy atom. The van der Waals surface area contributed by atoms with Crippen molar-refractivity contribution in [2.75, 3.05) is 7.11 Å². The van der Waals surface area contributed by atoms with Gasteiger partial charge in [0.25, 0.3) is 0 Å². The Morgan fingerprint density at radius 3 is 2.75 bits per heavy atom. The maximum atomic E-state index is 13.0. The van der Waals surface area contributed by atoms with Crippen LogP contribution in [0.4, 0.5) is 4.39 Å². The lowest BCUT2D eigenvalue weighted by Crippen LogP contribution is -1.93. The molecule has 0 amide bonds. The lowest BCUT2D eigenvalue weighted by atomic mass is 10.2. The maximum Gasteiger partial charge on any atom is 0.179 e. The van der Waals surface area contributed by atoms with Crippen molar-refractivity contribution in [1.29, 1.82) is 0 Å². The molecular formula is C8H7FO3. The number of carbonyl (C=O) groups is 1. The predicted octanol–water partition coefficient (Wildman–Crippen LogP) is 1.35. The molecule has 4 heteroatoms. The van der Waals surface area contributed by atoms with Crippen LogP contribution in [-0.4, -0.2) is 18.5 Å². The van der Waals surface area contributed by atoms with E-state index in [0.29, 0.717) is 0 Å². The van der Waals surface area contributed by atoms with Gasteiger partial charge in [0.2, 0.25) is 0 Å². The molecule has 0 fully saturated rings. The van der Waals surface area contributed by atoms with E-state index >= 15 is 0 Å². The minimum Gasteiger partial charge on any atom is -0.507 e. The van der Waals surface area contributed by atoms with Crippen LogP contribution in [-0.2, 0) is 0 Å². The Labute approximate surface area is 68.4 Å². The van der Waals surface area contributed by atoms with Crippen LogP contribution >= 0.6 is 0 Å². The van der Waals surface area contributed by atoms with Crippen LogP contribution in [0.5, 0.6) is 11.5 Å². The first-order chi connectivity index (χ1) is 5.70. The number of carbonyl (C=O) groups excluding carboxylic acids is 1. The van der Waals surface area contributed by atoms with E-state index in [2.05, 4.69) is 4.74 Å². The summed E-state index contributed by atoms with van der Waals surface area (Å²) >= 11 is 0. The molecular weight excluding hydrogens is 163 g/mol. The molecule has 0 bridgehead atoms. The molecule has 1 N–H and O–H groups in total. The Bertz CT molecular complexity index is 309. The first kappa shape index (κ1) is 8.52. The molecule has 0 saturated carbocycles. The van der Waals surface area contributed by atoms with Crippen LogP contribution in [0.2, 0.25) is 0 Å². The number of aldehydes is 1. The van der Waals surface area contributed by atoms with Gasteiger partial charge in [0.1, 0.15) is 5.75 Å². The van der Waals surface area contributed by atoms with E-state index in [-0.39, 0.29) is 23.3 Å². The highest BCUT2D eigenvalue weighted by atomic mass is 19.1. The monoisotopic (exact) mass is 170 g/mol. The van der Waals surface area contributed by atoms with Crippen molar-refractivity contribution in [1.82, 2.24) is 0 Å². The van der Waals surface area contributed by atoms with E-state index < -0.39 is 5.82 Å². The molecule has 3 nitrogen and oxygen atoms in total. The number of benzene rings is 1. The van der Waals surface area contributed by atoms with Gasteiger partial charge in [-0.1, -0.05) is 0 Å². The van der Waals surface area contributed by atoms with E-state index in [4.69, 9.17) is 5.11 Å². The number of ether oxygens (including phenoxy) is 1. The van der Waals surface area contributed by atoms with E-state index in [0.717, 1.165) is 0 Å². The van der Waals surface area contributed by atoms with Crippen molar-refractivity contribution in [3.63, 3.8) is 0 Å². The van der Waals surface area contributed by atoms with Crippen molar-refractivity contribution >= 4 is 6.29 Å². The fraction of sp³-hybridized carbons (Fsp3) is 0.125. The maximum absolute atomic E-state index is 13.0. The number of halogens is 1. The van der Waals surface area contributed by atoms with Gasteiger partial charge in [0.05, 0.1) is 12.7 Å². The summed E-state index contributed by atoms with van der Waals surface area (Å²) in [5.74, 6) is -1.29. The molecule has 0 unspecified atom stereocenters. The van der Waals surface area contributed by atoms with E-state index in [1.807, 2.05) is 0 Å². The molecule has 0 heterocycles. The number of aromatic hydroxyl groups is 1. The zero-order valence-corrected chi connectivity index (χ0v) is 6.37. The summed E-state index contributed by atoms with van der Waals surface area (Å²) in [6, 6.07) is 2.45. The first-order valence-corrected chi connectivity index (χ1v) is 3.21. The molecule has 0 aliphatic heterocycles. The molecule has 1 rings (SSSR count). The van der Waals surface area contributed by atoms with Gasteiger partial charge in [-0.15, -0.1) is 0 Å². The van der Waals surface area contributed by atoms with Crippen molar-refractivity contribution in [3.05, 3.63) is 23.5 Å².